The molecule has 0 spiro atoms. The third-order valence-corrected chi connectivity index (χ3v) is 3.16. The Kier molecular flexibility index (Phi) is 5.25. The smallest absolute Gasteiger partial charge is 0.357 e. The van der Waals surface area contributed by atoms with E-state index < -0.39 is 12.1 Å². The number of aryl methyl sites for hydroxylation is 1. The summed E-state index contributed by atoms with van der Waals surface area (Å²) in [7, 11) is 0. The minimum absolute atomic E-state index is 0.175. The van der Waals surface area contributed by atoms with Gasteiger partial charge in [-0.3, -0.25) is 4.79 Å². The molecule has 1 amide bonds. The molecule has 0 saturated heterocycles. The SMILES string of the molecule is CCc1ccc(NC(=O)[C@H](C)OC(=O)c2ccccn2)cc1. The van der Waals surface area contributed by atoms with Crippen LogP contribution in [0.2, 0.25) is 0 Å². The zero-order chi connectivity index (χ0) is 15.9. The van der Waals surface area contributed by atoms with Crippen LogP contribution in [0, 0.1) is 0 Å². The number of benzene rings is 1. The number of nitrogens with zero attached hydrogens (tertiary/aromatic N) is 1. The van der Waals surface area contributed by atoms with Crippen molar-refractivity contribution in [3.63, 3.8) is 0 Å². The molecular formula is C17H18N2O3. The molecule has 5 nitrogen and oxygen atoms in total. The first kappa shape index (κ1) is 15.7. The molecule has 0 fully saturated rings. The standard InChI is InChI=1S/C17H18N2O3/c1-3-13-7-9-14(10-8-13)19-16(20)12(2)22-17(21)15-6-4-5-11-18-15/h4-12H,3H2,1-2H3,(H,19,20)/t12-/m0/s1. The quantitative estimate of drug-likeness (QED) is 0.862. The Morgan fingerprint density at radius 1 is 1.18 bits per heavy atom. The summed E-state index contributed by atoms with van der Waals surface area (Å²) < 4.78 is 5.10. The largest absolute Gasteiger partial charge is 0.448 e. The second kappa shape index (κ2) is 7.36. The maximum atomic E-state index is 12.0. The van der Waals surface area contributed by atoms with Crippen LogP contribution in [-0.4, -0.2) is 23.0 Å². The average molecular weight is 298 g/mol. The highest BCUT2D eigenvalue weighted by molar-refractivity contribution is 5.96. The van der Waals surface area contributed by atoms with Crippen molar-refractivity contribution in [3.8, 4) is 0 Å². The van der Waals surface area contributed by atoms with Gasteiger partial charge in [-0.2, -0.15) is 0 Å². The number of hydrogen-bond donors (Lipinski definition) is 1. The number of anilines is 1. The summed E-state index contributed by atoms with van der Waals surface area (Å²) in [5.74, 6) is -1.00. The summed E-state index contributed by atoms with van der Waals surface area (Å²) in [6.07, 6.45) is 1.53. The van der Waals surface area contributed by atoms with Gasteiger partial charge in [0.25, 0.3) is 5.91 Å². The predicted octanol–water partition coefficient (Wildman–Crippen LogP) is 2.83. The summed E-state index contributed by atoms with van der Waals surface area (Å²) in [6, 6.07) is 12.5. The fraction of sp³-hybridized carbons (Fsp3) is 0.235. The summed E-state index contributed by atoms with van der Waals surface area (Å²) in [6.45, 7) is 3.59. The Balaban J connectivity index is 1.92. The highest BCUT2D eigenvalue weighted by Gasteiger charge is 2.19. The maximum Gasteiger partial charge on any atom is 0.357 e. The number of esters is 1. The molecule has 22 heavy (non-hydrogen) atoms. The van der Waals surface area contributed by atoms with Crippen LogP contribution in [0.25, 0.3) is 0 Å². The Bertz CT molecular complexity index is 639. The highest BCUT2D eigenvalue weighted by Crippen LogP contribution is 2.11. The van der Waals surface area contributed by atoms with Gasteiger partial charge in [0.1, 0.15) is 5.69 Å². The van der Waals surface area contributed by atoms with E-state index in [1.54, 1.807) is 12.1 Å². The number of hydrogen-bond acceptors (Lipinski definition) is 4. The van der Waals surface area contributed by atoms with Gasteiger partial charge in [0.05, 0.1) is 0 Å². The third kappa shape index (κ3) is 4.15. The minimum Gasteiger partial charge on any atom is -0.448 e. The van der Waals surface area contributed by atoms with Gasteiger partial charge >= 0.3 is 5.97 Å². The van der Waals surface area contributed by atoms with E-state index in [2.05, 4.69) is 17.2 Å². The Morgan fingerprint density at radius 2 is 1.91 bits per heavy atom. The van der Waals surface area contributed by atoms with Crippen molar-refractivity contribution in [2.75, 3.05) is 5.32 Å². The van der Waals surface area contributed by atoms with Gasteiger partial charge in [0, 0.05) is 11.9 Å². The molecule has 0 aliphatic rings. The lowest BCUT2D eigenvalue weighted by Gasteiger charge is -2.13. The molecule has 2 aromatic rings. The van der Waals surface area contributed by atoms with Crippen molar-refractivity contribution in [2.24, 2.45) is 0 Å². The first-order valence-corrected chi connectivity index (χ1v) is 7.12. The first-order valence-electron chi connectivity index (χ1n) is 7.12. The summed E-state index contributed by atoms with van der Waals surface area (Å²) in [4.78, 5) is 27.7. The number of pyridine rings is 1. The van der Waals surface area contributed by atoms with E-state index in [-0.39, 0.29) is 11.6 Å². The van der Waals surface area contributed by atoms with E-state index >= 15 is 0 Å². The lowest BCUT2D eigenvalue weighted by atomic mass is 10.1. The summed E-state index contributed by atoms with van der Waals surface area (Å²) in [5, 5.41) is 2.71. The lowest BCUT2D eigenvalue weighted by molar-refractivity contribution is -0.123. The second-order valence-electron chi connectivity index (χ2n) is 4.80. The molecule has 2 rings (SSSR count). The van der Waals surface area contributed by atoms with Crippen molar-refractivity contribution in [2.45, 2.75) is 26.4 Å². The number of carbonyl (C=O) groups excluding carboxylic acids is 2. The molecule has 0 aliphatic carbocycles. The second-order valence-corrected chi connectivity index (χ2v) is 4.80. The fourth-order valence-electron chi connectivity index (χ4n) is 1.83. The van der Waals surface area contributed by atoms with Crippen LogP contribution in [0.1, 0.15) is 29.9 Å². The molecule has 0 unspecified atom stereocenters. The van der Waals surface area contributed by atoms with Gasteiger partial charge < -0.3 is 10.1 Å². The molecular weight excluding hydrogens is 280 g/mol. The summed E-state index contributed by atoms with van der Waals surface area (Å²) >= 11 is 0. The Labute approximate surface area is 129 Å². The average Bonchev–Trinajstić information content (AvgIpc) is 2.56. The predicted molar refractivity (Wildman–Crippen MR) is 83.6 cm³/mol. The van der Waals surface area contributed by atoms with Crippen molar-refractivity contribution in [1.82, 2.24) is 4.98 Å². The van der Waals surface area contributed by atoms with E-state index in [4.69, 9.17) is 4.74 Å². The molecule has 0 aliphatic heterocycles. The third-order valence-electron chi connectivity index (χ3n) is 3.16. The van der Waals surface area contributed by atoms with Gasteiger partial charge in [0.2, 0.25) is 0 Å². The number of amides is 1. The van der Waals surface area contributed by atoms with Gasteiger partial charge in [0.15, 0.2) is 6.10 Å². The first-order chi connectivity index (χ1) is 10.6. The molecule has 1 atom stereocenters. The number of nitrogens with one attached hydrogen (secondary N) is 1. The van der Waals surface area contributed by atoms with Gasteiger partial charge in [-0.05, 0) is 43.2 Å². The van der Waals surface area contributed by atoms with E-state index in [0.717, 1.165) is 6.42 Å². The topological polar surface area (TPSA) is 68.3 Å². The Hall–Kier alpha value is -2.69. The minimum atomic E-state index is -0.902. The molecule has 0 bridgehead atoms. The molecule has 1 aromatic heterocycles. The maximum absolute atomic E-state index is 12.0. The van der Waals surface area contributed by atoms with Crippen LogP contribution in [0.3, 0.4) is 0 Å². The molecule has 1 aromatic carbocycles. The molecule has 5 heteroatoms. The van der Waals surface area contributed by atoms with Gasteiger partial charge in [-0.25, -0.2) is 9.78 Å². The van der Waals surface area contributed by atoms with E-state index in [9.17, 15) is 9.59 Å². The van der Waals surface area contributed by atoms with E-state index in [1.807, 2.05) is 24.3 Å². The van der Waals surface area contributed by atoms with Crippen LogP contribution in [0.4, 0.5) is 5.69 Å². The number of rotatable bonds is 5. The monoisotopic (exact) mass is 298 g/mol. The van der Waals surface area contributed by atoms with Crippen molar-refractivity contribution in [3.05, 3.63) is 59.9 Å². The fourth-order valence-corrected chi connectivity index (χ4v) is 1.83. The summed E-state index contributed by atoms with van der Waals surface area (Å²) in [5.41, 5.74) is 2.03. The van der Waals surface area contributed by atoms with Gasteiger partial charge in [-0.1, -0.05) is 25.1 Å². The zero-order valence-corrected chi connectivity index (χ0v) is 12.6. The molecule has 0 radical (unpaired) electrons. The number of ether oxygens (including phenoxy) is 1. The molecule has 1 heterocycles. The van der Waals surface area contributed by atoms with Crippen LogP contribution < -0.4 is 5.32 Å². The number of carbonyl (C=O) groups is 2. The normalized spacial score (nSPS) is 11.5. The van der Waals surface area contributed by atoms with Crippen molar-refractivity contribution < 1.29 is 14.3 Å². The van der Waals surface area contributed by atoms with Crippen molar-refractivity contribution in [1.29, 1.82) is 0 Å². The van der Waals surface area contributed by atoms with Crippen LogP contribution >= 0.6 is 0 Å². The van der Waals surface area contributed by atoms with Crippen LogP contribution in [-0.2, 0) is 16.0 Å². The molecule has 0 saturated carbocycles. The number of aromatic nitrogens is 1. The van der Waals surface area contributed by atoms with E-state index in [0.29, 0.717) is 5.69 Å². The van der Waals surface area contributed by atoms with Gasteiger partial charge in [-0.15, -0.1) is 0 Å². The lowest BCUT2D eigenvalue weighted by Crippen LogP contribution is -2.30. The van der Waals surface area contributed by atoms with Crippen molar-refractivity contribution >= 4 is 17.6 Å². The Morgan fingerprint density at radius 3 is 2.50 bits per heavy atom. The zero-order valence-electron chi connectivity index (χ0n) is 12.6. The van der Waals surface area contributed by atoms with Crippen LogP contribution in [0.15, 0.2) is 48.7 Å². The van der Waals surface area contributed by atoms with E-state index in [1.165, 1.54) is 24.8 Å². The molecule has 1 N–H and O–H groups in total. The molecule has 114 valence electrons. The highest BCUT2D eigenvalue weighted by atomic mass is 16.5. The van der Waals surface area contributed by atoms with Crippen LogP contribution in [0.5, 0.6) is 0 Å².